The van der Waals surface area contributed by atoms with Crippen molar-refractivity contribution < 1.29 is 5.11 Å². The first kappa shape index (κ1) is 9.40. The van der Waals surface area contributed by atoms with Crippen LogP contribution in [-0.2, 0) is 0 Å². The molecule has 0 unspecified atom stereocenters. The van der Waals surface area contributed by atoms with E-state index in [0.717, 1.165) is 30.3 Å². The predicted octanol–water partition coefficient (Wildman–Crippen LogP) is 0.522. The fourth-order valence-corrected chi connectivity index (χ4v) is 1.68. The Morgan fingerprint density at radius 2 is 2.21 bits per heavy atom. The van der Waals surface area contributed by atoms with Gasteiger partial charge in [-0.15, -0.1) is 0 Å². The summed E-state index contributed by atoms with van der Waals surface area (Å²) in [6.07, 6.45) is 1.78. The van der Waals surface area contributed by atoms with Crippen LogP contribution in [0.1, 0.15) is 11.4 Å². The van der Waals surface area contributed by atoms with Crippen molar-refractivity contribution >= 4 is 5.82 Å². The molecule has 0 radical (unpaired) electrons. The molecule has 1 saturated heterocycles. The minimum absolute atomic E-state index is 0.273. The smallest absolute Gasteiger partial charge is 0.150 e. The van der Waals surface area contributed by atoms with Crippen molar-refractivity contribution in [2.24, 2.45) is 5.92 Å². The largest absolute Gasteiger partial charge is 0.396 e. The Balaban J connectivity index is 2.13. The molecule has 76 valence electrons. The van der Waals surface area contributed by atoms with Gasteiger partial charge in [-0.2, -0.15) is 0 Å². The Morgan fingerprint density at radius 3 is 2.86 bits per heavy atom. The molecule has 0 amide bonds. The van der Waals surface area contributed by atoms with Gasteiger partial charge in [-0.1, -0.05) is 0 Å². The average molecular weight is 193 g/mol. The van der Waals surface area contributed by atoms with Crippen molar-refractivity contribution in [3.8, 4) is 0 Å². The second-order valence-electron chi connectivity index (χ2n) is 3.87. The molecule has 1 aliphatic heterocycles. The minimum Gasteiger partial charge on any atom is -0.396 e. The molecular formula is C10H15N3O. The SMILES string of the molecule is Cc1cnc(C)c(N2CC(CO)C2)n1. The van der Waals surface area contributed by atoms with E-state index in [-0.39, 0.29) is 6.61 Å². The van der Waals surface area contributed by atoms with Crippen LogP contribution in [0.15, 0.2) is 6.20 Å². The van der Waals surface area contributed by atoms with Crippen LogP contribution in [0.4, 0.5) is 5.82 Å². The summed E-state index contributed by atoms with van der Waals surface area (Å²) < 4.78 is 0. The first-order valence-corrected chi connectivity index (χ1v) is 4.86. The first-order chi connectivity index (χ1) is 6.70. The minimum atomic E-state index is 0.273. The summed E-state index contributed by atoms with van der Waals surface area (Å²) in [5.74, 6) is 1.38. The highest BCUT2D eigenvalue weighted by atomic mass is 16.3. The summed E-state index contributed by atoms with van der Waals surface area (Å²) in [5, 5.41) is 8.91. The second-order valence-corrected chi connectivity index (χ2v) is 3.87. The molecule has 4 heteroatoms. The van der Waals surface area contributed by atoms with E-state index >= 15 is 0 Å². The lowest BCUT2D eigenvalue weighted by molar-refractivity contribution is 0.200. The maximum Gasteiger partial charge on any atom is 0.150 e. The van der Waals surface area contributed by atoms with Crippen molar-refractivity contribution in [1.29, 1.82) is 0 Å². The van der Waals surface area contributed by atoms with E-state index < -0.39 is 0 Å². The van der Waals surface area contributed by atoms with E-state index in [1.165, 1.54) is 0 Å². The van der Waals surface area contributed by atoms with Crippen LogP contribution in [-0.4, -0.2) is 34.8 Å². The summed E-state index contributed by atoms with van der Waals surface area (Å²) >= 11 is 0. The third kappa shape index (κ3) is 1.57. The summed E-state index contributed by atoms with van der Waals surface area (Å²) in [7, 11) is 0. The van der Waals surface area contributed by atoms with Crippen LogP contribution in [0.5, 0.6) is 0 Å². The van der Waals surface area contributed by atoms with Crippen molar-refractivity contribution in [2.75, 3.05) is 24.6 Å². The molecule has 1 aromatic rings. The standard InChI is InChI=1S/C10H15N3O/c1-7-3-11-8(2)10(12-7)13-4-9(5-13)6-14/h3,9,14H,4-6H2,1-2H3. The summed E-state index contributed by atoms with van der Waals surface area (Å²) in [4.78, 5) is 10.9. The molecule has 0 saturated carbocycles. The molecule has 1 aliphatic rings. The van der Waals surface area contributed by atoms with Gasteiger partial charge in [0.2, 0.25) is 0 Å². The molecular weight excluding hydrogens is 178 g/mol. The van der Waals surface area contributed by atoms with Crippen LogP contribution in [0.2, 0.25) is 0 Å². The van der Waals surface area contributed by atoms with Gasteiger partial charge in [-0.25, -0.2) is 4.98 Å². The van der Waals surface area contributed by atoms with Gasteiger partial charge < -0.3 is 10.0 Å². The van der Waals surface area contributed by atoms with Gasteiger partial charge in [0.1, 0.15) is 5.82 Å². The van der Waals surface area contributed by atoms with Crippen LogP contribution in [0.3, 0.4) is 0 Å². The molecule has 1 aromatic heterocycles. The predicted molar refractivity (Wildman–Crippen MR) is 54.3 cm³/mol. The van der Waals surface area contributed by atoms with Crippen LogP contribution < -0.4 is 4.90 Å². The highest BCUT2D eigenvalue weighted by molar-refractivity contribution is 5.45. The number of aryl methyl sites for hydroxylation is 2. The van der Waals surface area contributed by atoms with E-state index in [0.29, 0.717) is 5.92 Å². The molecule has 2 heterocycles. The molecule has 0 atom stereocenters. The first-order valence-electron chi connectivity index (χ1n) is 4.86. The number of hydrogen-bond acceptors (Lipinski definition) is 4. The Morgan fingerprint density at radius 1 is 1.50 bits per heavy atom. The van der Waals surface area contributed by atoms with Gasteiger partial charge in [0.25, 0.3) is 0 Å². The van der Waals surface area contributed by atoms with Crippen LogP contribution in [0, 0.1) is 19.8 Å². The lowest BCUT2D eigenvalue weighted by Crippen LogP contribution is -2.49. The quantitative estimate of drug-likeness (QED) is 0.744. The molecule has 1 fully saturated rings. The maximum absolute atomic E-state index is 8.91. The zero-order valence-electron chi connectivity index (χ0n) is 8.56. The Kier molecular flexibility index (Phi) is 2.37. The van der Waals surface area contributed by atoms with Gasteiger partial charge >= 0.3 is 0 Å². The molecule has 0 bridgehead atoms. The van der Waals surface area contributed by atoms with Gasteiger partial charge in [0, 0.05) is 31.8 Å². The molecule has 2 rings (SSSR count). The molecule has 0 aliphatic carbocycles. The fraction of sp³-hybridized carbons (Fsp3) is 0.600. The lowest BCUT2D eigenvalue weighted by atomic mass is 10.0. The van der Waals surface area contributed by atoms with E-state index in [9.17, 15) is 0 Å². The summed E-state index contributed by atoms with van der Waals surface area (Å²) in [6.45, 7) is 5.98. The summed E-state index contributed by atoms with van der Waals surface area (Å²) in [5.41, 5.74) is 1.91. The van der Waals surface area contributed by atoms with Crippen LogP contribution in [0.25, 0.3) is 0 Å². The molecule has 0 aromatic carbocycles. The topological polar surface area (TPSA) is 49.2 Å². The highest BCUT2D eigenvalue weighted by Crippen LogP contribution is 2.24. The highest BCUT2D eigenvalue weighted by Gasteiger charge is 2.28. The number of anilines is 1. The van der Waals surface area contributed by atoms with E-state index in [4.69, 9.17) is 5.11 Å². The van der Waals surface area contributed by atoms with Gasteiger partial charge in [0.15, 0.2) is 0 Å². The Hall–Kier alpha value is -1.16. The van der Waals surface area contributed by atoms with Crippen molar-refractivity contribution in [1.82, 2.24) is 9.97 Å². The van der Waals surface area contributed by atoms with Gasteiger partial charge in [0.05, 0.1) is 11.4 Å². The second kappa shape index (κ2) is 3.53. The van der Waals surface area contributed by atoms with Crippen molar-refractivity contribution in [3.63, 3.8) is 0 Å². The van der Waals surface area contributed by atoms with Gasteiger partial charge in [-0.3, -0.25) is 4.98 Å². The summed E-state index contributed by atoms with van der Waals surface area (Å²) in [6, 6.07) is 0. The lowest BCUT2D eigenvalue weighted by Gasteiger charge is -2.39. The Bertz CT molecular complexity index is 334. The number of nitrogens with zero attached hydrogens (tertiary/aromatic N) is 3. The average Bonchev–Trinajstić information content (AvgIpc) is 2.09. The number of rotatable bonds is 2. The number of aliphatic hydroxyl groups is 1. The van der Waals surface area contributed by atoms with E-state index in [1.807, 2.05) is 13.8 Å². The van der Waals surface area contributed by atoms with E-state index in [1.54, 1.807) is 6.20 Å². The fourth-order valence-electron chi connectivity index (χ4n) is 1.68. The maximum atomic E-state index is 8.91. The molecule has 1 N–H and O–H groups in total. The van der Waals surface area contributed by atoms with Crippen molar-refractivity contribution in [3.05, 3.63) is 17.6 Å². The third-order valence-corrected chi connectivity index (χ3v) is 2.57. The number of aliphatic hydroxyl groups excluding tert-OH is 1. The molecule has 0 spiro atoms. The number of hydrogen-bond donors (Lipinski definition) is 1. The zero-order chi connectivity index (χ0) is 10.1. The molecule has 14 heavy (non-hydrogen) atoms. The normalized spacial score (nSPS) is 16.9. The monoisotopic (exact) mass is 193 g/mol. The number of aromatic nitrogens is 2. The van der Waals surface area contributed by atoms with E-state index in [2.05, 4.69) is 14.9 Å². The zero-order valence-corrected chi connectivity index (χ0v) is 8.56. The molecule has 4 nitrogen and oxygen atoms in total. The van der Waals surface area contributed by atoms with Gasteiger partial charge in [-0.05, 0) is 13.8 Å². The third-order valence-electron chi connectivity index (χ3n) is 2.57. The van der Waals surface area contributed by atoms with Crippen molar-refractivity contribution in [2.45, 2.75) is 13.8 Å². The Labute approximate surface area is 83.6 Å². The van der Waals surface area contributed by atoms with Crippen LogP contribution >= 0.6 is 0 Å².